The highest BCUT2D eigenvalue weighted by molar-refractivity contribution is 5.96. The third-order valence-corrected chi connectivity index (χ3v) is 4.24. The van der Waals surface area contributed by atoms with E-state index in [1.807, 2.05) is 25.1 Å². The van der Waals surface area contributed by atoms with Crippen molar-refractivity contribution in [3.63, 3.8) is 0 Å². The molecule has 0 aliphatic heterocycles. The number of esters is 1. The van der Waals surface area contributed by atoms with Crippen LogP contribution in [-0.4, -0.2) is 38.8 Å². The second kappa shape index (κ2) is 10.9. The van der Waals surface area contributed by atoms with E-state index in [1.165, 1.54) is 21.1 Å². The Morgan fingerprint density at radius 1 is 1.07 bits per heavy atom. The van der Waals surface area contributed by atoms with E-state index in [4.69, 9.17) is 18.9 Å². The zero-order valence-corrected chi connectivity index (χ0v) is 17.7. The third kappa shape index (κ3) is 6.27. The van der Waals surface area contributed by atoms with E-state index in [0.717, 1.165) is 11.1 Å². The lowest BCUT2D eigenvalue weighted by atomic mass is 10.1. The molecule has 7 heteroatoms. The Labute approximate surface area is 176 Å². The van der Waals surface area contributed by atoms with Crippen LogP contribution >= 0.6 is 0 Å². The van der Waals surface area contributed by atoms with Gasteiger partial charge in [-0.15, -0.1) is 6.58 Å². The van der Waals surface area contributed by atoms with Crippen molar-refractivity contribution < 1.29 is 28.5 Å². The van der Waals surface area contributed by atoms with E-state index in [-0.39, 0.29) is 6.61 Å². The van der Waals surface area contributed by atoms with Crippen molar-refractivity contribution in [3.05, 3.63) is 60.2 Å². The number of methoxy groups -OCH3 is 2. The molecule has 1 atom stereocenters. The van der Waals surface area contributed by atoms with Gasteiger partial charge in [-0.05, 0) is 55.7 Å². The van der Waals surface area contributed by atoms with Crippen molar-refractivity contribution in [2.45, 2.75) is 26.4 Å². The number of benzene rings is 2. The molecule has 30 heavy (non-hydrogen) atoms. The molecule has 0 aliphatic rings. The van der Waals surface area contributed by atoms with Crippen molar-refractivity contribution in [1.29, 1.82) is 0 Å². The van der Waals surface area contributed by atoms with Gasteiger partial charge in [0.2, 0.25) is 0 Å². The van der Waals surface area contributed by atoms with E-state index >= 15 is 0 Å². The van der Waals surface area contributed by atoms with E-state index in [2.05, 4.69) is 11.9 Å². The average molecular weight is 413 g/mol. The fraction of sp³-hybridized carbons (Fsp3) is 0.304. The molecule has 0 saturated carbocycles. The minimum atomic E-state index is -1.01. The number of allylic oxidation sites excluding steroid dienone is 1. The number of carbonyl (C=O) groups is 2. The molecule has 0 spiro atoms. The topological polar surface area (TPSA) is 83.1 Å². The maximum absolute atomic E-state index is 12.4. The number of aryl methyl sites for hydroxylation is 1. The molecule has 160 valence electrons. The first-order valence-corrected chi connectivity index (χ1v) is 9.43. The maximum Gasteiger partial charge on any atom is 0.344 e. The lowest BCUT2D eigenvalue weighted by Crippen LogP contribution is -2.31. The Kier molecular flexibility index (Phi) is 8.29. The molecule has 0 aliphatic carbocycles. The molecule has 0 fully saturated rings. The number of nitrogens with one attached hydrogen (secondary N) is 1. The lowest BCUT2D eigenvalue weighted by Gasteiger charge is -2.16. The van der Waals surface area contributed by atoms with Crippen LogP contribution in [0.4, 0.5) is 5.69 Å². The first-order chi connectivity index (χ1) is 14.4. The van der Waals surface area contributed by atoms with Gasteiger partial charge in [0.25, 0.3) is 5.91 Å². The lowest BCUT2D eigenvalue weighted by molar-refractivity contribution is -0.155. The molecule has 1 amide bonds. The molecule has 2 aromatic carbocycles. The van der Waals surface area contributed by atoms with Gasteiger partial charge in [0.05, 0.1) is 19.9 Å². The number of rotatable bonds is 10. The molecule has 0 radical (unpaired) electrons. The molecule has 0 unspecified atom stereocenters. The average Bonchev–Trinajstić information content (AvgIpc) is 2.73. The van der Waals surface area contributed by atoms with Gasteiger partial charge in [-0.3, -0.25) is 4.79 Å². The molecule has 7 nitrogen and oxygen atoms in total. The Hall–Kier alpha value is -3.48. The molecule has 0 saturated heterocycles. The molecule has 0 heterocycles. The summed E-state index contributed by atoms with van der Waals surface area (Å²) in [7, 11) is 3.03. The van der Waals surface area contributed by atoms with Gasteiger partial charge in [0, 0.05) is 0 Å². The molecule has 1 N–H and O–H groups in total. The Morgan fingerprint density at radius 2 is 1.77 bits per heavy atom. The van der Waals surface area contributed by atoms with Crippen LogP contribution in [0, 0.1) is 6.92 Å². The van der Waals surface area contributed by atoms with Crippen molar-refractivity contribution in [1.82, 2.24) is 0 Å². The first kappa shape index (κ1) is 22.8. The monoisotopic (exact) mass is 413 g/mol. The highest BCUT2D eigenvalue weighted by Gasteiger charge is 2.20. The molecule has 2 rings (SSSR count). The predicted molar refractivity (Wildman–Crippen MR) is 114 cm³/mol. The Bertz CT molecular complexity index is 909. The maximum atomic E-state index is 12.4. The predicted octanol–water partition coefficient (Wildman–Crippen LogP) is 3.69. The zero-order chi connectivity index (χ0) is 22.1. The van der Waals surface area contributed by atoms with Gasteiger partial charge in [0.1, 0.15) is 5.75 Å². The van der Waals surface area contributed by atoms with Crippen LogP contribution in [0.1, 0.15) is 18.1 Å². The molecular formula is C23H27NO6. The fourth-order valence-corrected chi connectivity index (χ4v) is 2.70. The Morgan fingerprint density at radius 3 is 2.43 bits per heavy atom. The summed E-state index contributed by atoms with van der Waals surface area (Å²) in [6.45, 7) is 6.73. The summed E-state index contributed by atoms with van der Waals surface area (Å²) < 4.78 is 21.2. The van der Waals surface area contributed by atoms with Gasteiger partial charge < -0.3 is 24.3 Å². The van der Waals surface area contributed by atoms with Crippen LogP contribution in [-0.2, 0) is 20.7 Å². The molecule has 0 aromatic heterocycles. The van der Waals surface area contributed by atoms with E-state index in [9.17, 15) is 9.59 Å². The van der Waals surface area contributed by atoms with Crippen molar-refractivity contribution in [3.8, 4) is 17.2 Å². The van der Waals surface area contributed by atoms with Crippen LogP contribution in [0.25, 0.3) is 0 Å². The molecule has 2 aromatic rings. The van der Waals surface area contributed by atoms with E-state index in [0.29, 0.717) is 29.4 Å². The van der Waals surface area contributed by atoms with Crippen molar-refractivity contribution >= 4 is 17.6 Å². The smallest absolute Gasteiger partial charge is 0.344 e. The van der Waals surface area contributed by atoms with Gasteiger partial charge >= 0.3 is 5.97 Å². The number of hydrogen-bond acceptors (Lipinski definition) is 6. The summed E-state index contributed by atoms with van der Waals surface area (Å²) in [5, 5.41) is 2.71. The Balaban J connectivity index is 1.92. The standard InChI is InChI=1S/C23H27NO6/c1-6-7-17-9-11-20(21(13-17)28-5)29-14-22(25)30-16(3)23(26)24-18-12-15(2)8-10-19(18)27-4/h6,8-13,16H,1,7,14H2,2-5H3,(H,24,26)/t16-/m0/s1. The van der Waals surface area contributed by atoms with Crippen LogP contribution in [0.5, 0.6) is 17.2 Å². The van der Waals surface area contributed by atoms with Gasteiger partial charge in [-0.2, -0.15) is 0 Å². The molecular weight excluding hydrogens is 386 g/mol. The summed E-state index contributed by atoms with van der Waals surface area (Å²) in [4.78, 5) is 24.5. The normalized spacial score (nSPS) is 11.2. The third-order valence-electron chi connectivity index (χ3n) is 4.24. The number of ether oxygens (including phenoxy) is 4. The van der Waals surface area contributed by atoms with Crippen LogP contribution in [0.15, 0.2) is 49.1 Å². The van der Waals surface area contributed by atoms with E-state index in [1.54, 1.807) is 24.3 Å². The quantitative estimate of drug-likeness (QED) is 0.473. The van der Waals surface area contributed by atoms with Crippen molar-refractivity contribution in [2.24, 2.45) is 0 Å². The highest BCUT2D eigenvalue weighted by atomic mass is 16.6. The molecule has 0 bridgehead atoms. The van der Waals surface area contributed by atoms with E-state index < -0.39 is 18.0 Å². The van der Waals surface area contributed by atoms with Crippen LogP contribution < -0.4 is 19.5 Å². The summed E-state index contributed by atoms with van der Waals surface area (Å²) in [5.74, 6) is 0.274. The summed E-state index contributed by atoms with van der Waals surface area (Å²) >= 11 is 0. The minimum Gasteiger partial charge on any atom is -0.495 e. The number of carbonyl (C=O) groups excluding carboxylic acids is 2. The second-order valence-electron chi connectivity index (χ2n) is 6.59. The number of anilines is 1. The summed E-state index contributed by atoms with van der Waals surface area (Å²) in [6, 6.07) is 10.8. The summed E-state index contributed by atoms with van der Waals surface area (Å²) in [6.07, 6.45) is 1.46. The van der Waals surface area contributed by atoms with Crippen molar-refractivity contribution in [2.75, 3.05) is 26.1 Å². The number of amides is 1. The highest BCUT2D eigenvalue weighted by Crippen LogP contribution is 2.28. The first-order valence-electron chi connectivity index (χ1n) is 9.43. The van der Waals surface area contributed by atoms with Gasteiger partial charge in [-0.25, -0.2) is 4.79 Å². The van der Waals surface area contributed by atoms with Gasteiger partial charge in [-0.1, -0.05) is 18.2 Å². The summed E-state index contributed by atoms with van der Waals surface area (Å²) in [5.41, 5.74) is 2.47. The van der Waals surface area contributed by atoms with Gasteiger partial charge in [0.15, 0.2) is 24.2 Å². The largest absolute Gasteiger partial charge is 0.495 e. The fourth-order valence-electron chi connectivity index (χ4n) is 2.70. The van der Waals surface area contributed by atoms with Crippen LogP contribution in [0.2, 0.25) is 0 Å². The number of hydrogen-bond donors (Lipinski definition) is 1. The zero-order valence-electron chi connectivity index (χ0n) is 17.7. The van der Waals surface area contributed by atoms with Crippen LogP contribution in [0.3, 0.4) is 0 Å². The second-order valence-corrected chi connectivity index (χ2v) is 6.59. The minimum absolute atomic E-state index is 0.359. The SMILES string of the molecule is C=CCc1ccc(OCC(=O)O[C@@H](C)C(=O)Nc2cc(C)ccc2OC)c(OC)c1.